The minimum atomic E-state index is -1.03. The number of rotatable bonds is 3. The molecule has 1 aliphatic heterocycles. The fourth-order valence-corrected chi connectivity index (χ4v) is 3.46. The van der Waals surface area contributed by atoms with E-state index in [9.17, 15) is 9.90 Å². The van der Waals surface area contributed by atoms with Crippen LogP contribution in [0.15, 0.2) is 48.5 Å². The molecular formula is C24H28N2O2. The number of hydrogen-bond donors (Lipinski definition) is 1. The molecule has 0 fully saturated rings. The van der Waals surface area contributed by atoms with Gasteiger partial charge in [-0.15, -0.1) is 0 Å². The summed E-state index contributed by atoms with van der Waals surface area (Å²) in [4.78, 5) is 16.9. The molecule has 1 amide bonds. The summed E-state index contributed by atoms with van der Waals surface area (Å²) in [5, 5.41) is 9.69. The topological polar surface area (TPSA) is 43.8 Å². The van der Waals surface area contributed by atoms with Crippen LogP contribution in [0.25, 0.3) is 0 Å². The molecule has 0 spiro atoms. The van der Waals surface area contributed by atoms with Crippen LogP contribution in [-0.4, -0.2) is 53.1 Å². The maximum absolute atomic E-state index is 12.8. The Balaban J connectivity index is 1.65. The SMILES string of the molecule is CN(CC1Cc2ccccc2CN1C)C(=O)c1ccc(C#CC(C)(C)O)cc1. The molecule has 4 heteroatoms. The van der Waals surface area contributed by atoms with Crippen LogP contribution in [0.4, 0.5) is 0 Å². The monoisotopic (exact) mass is 376 g/mol. The van der Waals surface area contributed by atoms with Crippen molar-refractivity contribution in [3.63, 3.8) is 0 Å². The number of carbonyl (C=O) groups excluding carboxylic acids is 1. The van der Waals surface area contributed by atoms with E-state index in [-0.39, 0.29) is 5.91 Å². The summed E-state index contributed by atoms with van der Waals surface area (Å²) in [6.45, 7) is 4.89. The Morgan fingerprint density at radius 1 is 1.18 bits per heavy atom. The summed E-state index contributed by atoms with van der Waals surface area (Å²) in [6.07, 6.45) is 0.954. The highest BCUT2D eigenvalue weighted by atomic mass is 16.3. The summed E-state index contributed by atoms with van der Waals surface area (Å²) in [5.74, 6) is 5.72. The van der Waals surface area contributed by atoms with Gasteiger partial charge in [-0.1, -0.05) is 36.1 Å². The molecule has 2 aromatic rings. The van der Waals surface area contributed by atoms with E-state index in [1.54, 1.807) is 30.9 Å². The Bertz CT molecular complexity index is 901. The van der Waals surface area contributed by atoms with E-state index in [0.29, 0.717) is 18.2 Å². The summed E-state index contributed by atoms with van der Waals surface area (Å²) >= 11 is 0. The fourth-order valence-electron chi connectivity index (χ4n) is 3.46. The number of aliphatic hydroxyl groups is 1. The van der Waals surface area contributed by atoms with Crippen LogP contribution in [0.2, 0.25) is 0 Å². The van der Waals surface area contributed by atoms with E-state index < -0.39 is 5.60 Å². The first kappa shape index (κ1) is 20.1. The average Bonchev–Trinajstić information content (AvgIpc) is 2.66. The smallest absolute Gasteiger partial charge is 0.253 e. The van der Waals surface area contributed by atoms with Crippen molar-refractivity contribution >= 4 is 5.91 Å². The molecule has 2 aromatic carbocycles. The van der Waals surface area contributed by atoms with Gasteiger partial charge in [-0.3, -0.25) is 9.69 Å². The van der Waals surface area contributed by atoms with Gasteiger partial charge in [0.05, 0.1) is 0 Å². The van der Waals surface area contributed by atoms with Crippen LogP contribution in [0, 0.1) is 11.8 Å². The molecule has 0 bridgehead atoms. The Morgan fingerprint density at radius 3 is 2.46 bits per heavy atom. The second-order valence-corrected chi connectivity index (χ2v) is 8.11. The highest BCUT2D eigenvalue weighted by Gasteiger charge is 2.25. The number of fused-ring (bicyclic) bond motifs is 1. The van der Waals surface area contributed by atoms with Crippen molar-refractivity contribution in [2.24, 2.45) is 0 Å². The van der Waals surface area contributed by atoms with E-state index in [4.69, 9.17) is 0 Å². The van der Waals surface area contributed by atoms with Gasteiger partial charge in [0, 0.05) is 37.3 Å². The van der Waals surface area contributed by atoms with E-state index in [0.717, 1.165) is 18.5 Å². The van der Waals surface area contributed by atoms with Gasteiger partial charge in [-0.25, -0.2) is 0 Å². The Labute approximate surface area is 167 Å². The predicted octanol–water partition coefficient (Wildman–Crippen LogP) is 2.94. The van der Waals surface area contributed by atoms with Crippen molar-refractivity contribution in [3.05, 3.63) is 70.8 Å². The summed E-state index contributed by atoms with van der Waals surface area (Å²) in [6, 6.07) is 16.1. The maximum Gasteiger partial charge on any atom is 0.253 e. The standard InChI is InChI=1S/C24H28N2O2/c1-24(2,28)14-13-18-9-11-19(12-10-18)23(27)26(4)17-22-15-20-7-5-6-8-21(20)16-25(22)3/h5-12,22,28H,15-17H2,1-4H3. The lowest BCUT2D eigenvalue weighted by Gasteiger charge is -2.36. The van der Waals surface area contributed by atoms with Crippen molar-refractivity contribution < 1.29 is 9.90 Å². The van der Waals surface area contributed by atoms with Crippen molar-refractivity contribution in [1.82, 2.24) is 9.80 Å². The molecule has 3 rings (SSSR count). The number of carbonyl (C=O) groups is 1. The Morgan fingerprint density at radius 2 is 1.82 bits per heavy atom. The third-order valence-electron chi connectivity index (χ3n) is 5.09. The zero-order valence-corrected chi connectivity index (χ0v) is 17.1. The first-order valence-corrected chi connectivity index (χ1v) is 9.61. The van der Waals surface area contributed by atoms with E-state index >= 15 is 0 Å². The van der Waals surface area contributed by atoms with Crippen molar-refractivity contribution in [3.8, 4) is 11.8 Å². The second-order valence-electron chi connectivity index (χ2n) is 8.11. The molecule has 4 nitrogen and oxygen atoms in total. The van der Waals surface area contributed by atoms with Gasteiger partial charge in [0.15, 0.2) is 0 Å². The van der Waals surface area contributed by atoms with Crippen molar-refractivity contribution in [1.29, 1.82) is 0 Å². The van der Waals surface area contributed by atoms with Crippen LogP contribution in [0.1, 0.15) is 40.9 Å². The molecule has 1 N–H and O–H groups in total. The van der Waals surface area contributed by atoms with Crippen molar-refractivity contribution in [2.45, 2.75) is 38.5 Å². The minimum absolute atomic E-state index is 0.00857. The van der Waals surface area contributed by atoms with Crippen LogP contribution >= 0.6 is 0 Å². The van der Waals surface area contributed by atoms with Gasteiger partial charge < -0.3 is 10.0 Å². The van der Waals surface area contributed by atoms with E-state index in [1.165, 1.54) is 11.1 Å². The minimum Gasteiger partial charge on any atom is -0.378 e. The molecule has 0 saturated carbocycles. The van der Waals surface area contributed by atoms with Gasteiger partial charge in [0.25, 0.3) is 5.91 Å². The molecule has 28 heavy (non-hydrogen) atoms. The molecule has 146 valence electrons. The zero-order valence-electron chi connectivity index (χ0n) is 17.1. The van der Waals surface area contributed by atoms with Gasteiger partial charge in [0.2, 0.25) is 0 Å². The zero-order chi connectivity index (χ0) is 20.3. The summed E-state index contributed by atoms with van der Waals surface area (Å²) in [5.41, 5.74) is 3.15. The maximum atomic E-state index is 12.8. The normalized spacial score (nSPS) is 16.7. The number of benzene rings is 2. The first-order valence-electron chi connectivity index (χ1n) is 9.61. The Kier molecular flexibility index (Phi) is 5.88. The van der Waals surface area contributed by atoms with Crippen LogP contribution in [-0.2, 0) is 13.0 Å². The average molecular weight is 377 g/mol. The highest BCUT2D eigenvalue weighted by molar-refractivity contribution is 5.94. The molecule has 0 radical (unpaired) electrons. The summed E-state index contributed by atoms with van der Waals surface area (Å²) < 4.78 is 0. The van der Waals surface area contributed by atoms with Crippen LogP contribution in [0.3, 0.4) is 0 Å². The first-order chi connectivity index (χ1) is 13.2. The Hall–Kier alpha value is -2.61. The highest BCUT2D eigenvalue weighted by Crippen LogP contribution is 2.22. The largest absolute Gasteiger partial charge is 0.378 e. The summed E-state index contributed by atoms with van der Waals surface area (Å²) in [7, 11) is 3.98. The van der Waals surface area contributed by atoms with Gasteiger partial charge in [0.1, 0.15) is 5.60 Å². The second kappa shape index (κ2) is 8.18. The third-order valence-corrected chi connectivity index (χ3v) is 5.09. The lowest BCUT2D eigenvalue weighted by atomic mass is 9.94. The molecule has 1 unspecified atom stereocenters. The van der Waals surface area contributed by atoms with Crippen molar-refractivity contribution in [2.75, 3.05) is 20.6 Å². The lowest BCUT2D eigenvalue weighted by Crippen LogP contribution is -2.46. The molecule has 0 aliphatic carbocycles. The number of amides is 1. The fraction of sp³-hybridized carbons (Fsp3) is 0.375. The molecule has 0 saturated heterocycles. The molecule has 1 heterocycles. The molecule has 0 aromatic heterocycles. The number of nitrogens with zero attached hydrogens (tertiary/aromatic N) is 2. The number of likely N-dealkylation sites (N-methyl/N-ethyl adjacent to an activating group) is 2. The van der Waals surface area contributed by atoms with Gasteiger partial charge >= 0.3 is 0 Å². The van der Waals surface area contributed by atoms with Crippen LogP contribution < -0.4 is 0 Å². The third kappa shape index (κ3) is 5.01. The predicted molar refractivity (Wildman–Crippen MR) is 112 cm³/mol. The lowest BCUT2D eigenvalue weighted by molar-refractivity contribution is 0.0733. The quantitative estimate of drug-likeness (QED) is 0.838. The van der Waals surface area contributed by atoms with E-state index in [1.807, 2.05) is 19.2 Å². The number of hydrogen-bond acceptors (Lipinski definition) is 3. The van der Waals surface area contributed by atoms with Gasteiger partial charge in [-0.2, -0.15) is 0 Å². The van der Waals surface area contributed by atoms with Gasteiger partial charge in [-0.05, 0) is 62.7 Å². The molecule has 1 atom stereocenters. The molecule has 1 aliphatic rings. The molecular weight excluding hydrogens is 348 g/mol. The van der Waals surface area contributed by atoms with Crippen LogP contribution in [0.5, 0.6) is 0 Å². The van der Waals surface area contributed by atoms with E-state index in [2.05, 4.69) is 48.1 Å².